The van der Waals surface area contributed by atoms with Gasteiger partial charge in [0.1, 0.15) is 24.7 Å². The average molecular weight is 408 g/mol. The topological polar surface area (TPSA) is 90.5 Å². The number of amides is 1. The maximum absolute atomic E-state index is 13.1. The number of ether oxygens (including phenoxy) is 1. The van der Waals surface area contributed by atoms with Gasteiger partial charge in [0, 0.05) is 5.69 Å². The Labute approximate surface area is 174 Å². The fourth-order valence-electron chi connectivity index (χ4n) is 3.03. The zero-order chi connectivity index (χ0) is 21.7. The minimum absolute atomic E-state index is 0.107. The highest BCUT2D eigenvalue weighted by Gasteiger charge is 2.19. The Hall–Kier alpha value is -3.68. The van der Waals surface area contributed by atoms with Gasteiger partial charge in [-0.25, -0.2) is 0 Å². The van der Waals surface area contributed by atoms with Crippen LogP contribution >= 0.6 is 0 Å². The highest BCUT2D eigenvalue weighted by molar-refractivity contribution is 5.93. The summed E-state index contributed by atoms with van der Waals surface area (Å²) in [7, 11) is 1.58. The zero-order valence-electron chi connectivity index (χ0n) is 17.2. The molecule has 0 saturated heterocycles. The van der Waals surface area contributed by atoms with E-state index in [1.165, 1.54) is 16.4 Å². The van der Waals surface area contributed by atoms with E-state index in [2.05, 4.69) is 31.1 Å². The molecular formula is C22H24N4O4. The molecule has 0 spiro atoms. The fraction of sp³-hybridized carbons (Fsp3) is 0.273. The molecule has 30 heavy (non-hydrogen) atoms. The molecule has 0 saturated carbocycles. The summed E-state index contributed by atoms with van der Waals surface area (Å²) in [5, 5.41) is 14.8. The lowest BCUT2D eigenvalue weighted by Crippen LogP contribution is -2.33. The van der Waals surface area contributed by atoms with Gasteiger partial charge in [0.25, 0.3) is 0 Å². The first-order valence-electron chi connectivity index (χ1n) is 9.57. The summed E-state index contributed by atoms with van der Waals surface area (Å²) in [5.74, 6) is 0.884. The van der Waals surface area contributed by atoms with Crippen LogP contribution in [0.25, 0.3) is 0 Å². The molecule has 0 aliphatic rings. The highest BCUT2D eigenvalue weighted by Crippen LogP contribution is 2.23. The Morgan fingerprint density at radius 3 is 2.37 bits per heavy atom. The predicted molar refractivity (Wildman–Crippen MR) is 114 cm³/mol. The first-order valence-corrected chi connectivity index (χ1v) is 9.57. The Bertz CT molecular complexity index is 1010. The summed E-state index contributed by atoms with van der Waals surface area (Å²) in [6, 6.07) is 15.3. The number of anilines is 1. The lowest BCUT2D eigenvalue weighted by molar-refractivity contribution is -0.385. The molecule has 0 aliphatic carbocycles. The van der Waals surface area contributed by atoms with Gasteiger partial charge in [-0.3, -0.25) is 19.6 Å². The van der Waals surface area contributed by atoms with E-state index in [4.69, 9.17) is 4.74 Å². The van der Waals surface area contributed by atoms with E-state index >= 15 is 0 Å². The zero-order valence-corrected chi connectivity index (χ0v) is 17.2. The van der Waals surface area contributed by atoms with Crippen molar-refractivity contribution >= 4 is 17.3 Å². The lowest BCUT2D eigenvalue weighted by Gasteiger charge is -2.23. The number of hydrogen-bond acceptors (Lipinski definition) is 5. The molecule has 1 heterocycles. The normalized spacial score (nSPS) is 10.8. The molecule has 0 aliphatic heterocycles. The van der Waals surface area contributed by atoms with E-state index in [1.807, 2.05) is 24.3 Å². The lowest BCUT2D eigenvalue weighted by atomic mass is 10.0. The Kier molecular flexibility index (Phi) is 6.46. The van der Waals surface area contributed by atoms with Crippen LogP contribution in [0.4, 0.5) is 11.4 Å². The maximum Gasteiger partial charge on any atom is 0.307 e. The van der Waals surface area contributed by atoms with Crippen molar-refractivity contribution in [2.45, 2.75) is 32.9 Å². The third kappa shape index (κ3) is 5.02. The number of carbonyl (C=O) groups is 1. The van der Waals surface area contributed by atoms with E-state index in [9.17, 15) is 14.9 Å². The van der Waals surface area contributed by atoms with Crippen LogP contribution in [-0.2, 0) is 17.9 Å². The molecular weight excluding hydrogens is 384 g/mol. The van der Waals surface area contributed by atoms with E-state index in [-0.39, 0.29) is 18.1 Å². The van der Waals surface area contributed by atoms with Gasteiger partial charge >= 0.3 is 5.69 Å². The molecule has 3 rings (SSSR count). The van der Waals surface area contributed by atoms with Crippen LogP contribution in [-0.4, -0.2) is 27.7 Å². The summed E-state index contributed by atoms with van der Waals surface area (Å²) in [6.45, 7) is 4.52. The Morgan fingerprint density at radius 2 is 1.83 bits per heavy atom. The largest absolute Gasteiger partial charge is 0.497 e. The van der Waals surface area contributed by atoms with Crippen LogP contribution in [0.2, 0.25) is 0 Å². The molecule has 8 nitrogen and oxygen atoms in total. The first-order chi connectivity index (χ1) is 14.4. The molecule has 0 fully saturated rings. The summed E-state index contributed by atoms with van der Waals surface area (Å²) in [6.07, 6.45) is 2.39. The SMILES string of the molecule is COc1ccc(N(Cc2ccc(C(C)C)cc2)C(=O)Cn2cc([N+](=O)[O-])cn2)cc1. The second kappa shape index (κ2) is 9.21. The highest BCUT2D eigenvalue weighted by atomic mass is 16.6. The van der Waals surface area contributed by atoms with E-state index in [0.29, 0.717) is 23.9 Å². The number of rotatable bonds is 8. The van der Waals surface area contributed by atoms with Crippen molar-refractivity contribution in [3.05, 3.63) is 82.2 Å². The molecule has 1 amide bonds. The van der Waals surface area contributed by atoms with Crippen LogP contribution in [0.3, 0.4) is 0 Å². The average Bonchev–Trinajstić information content (AvgIpc) is 3.21. The number of nitrogens with zero attached hydrogens (tertiary/aromatic N) is 4. The van der Waals surface area contributed by atoms with Gasteiger partial charge in [0.15, 0.2) is 0 Å². The van der Waals surface area contributed by atoms with Crippen LogP contribution in [0, 0.1) is 10.1 Å². The van der Waals surface area contributed by atoms with Crippen LogP contribution < -0.4 is 9.64 Å². The van der Waals surface area contributed by atoms with Gasteiger partial charge in [-0.1, -0.05) is 38.1 Å². The molecule has 0 N–H and O–H groups in total. The number of nitro groups is 1. The standard InChI is InChI=1S/C22H24N4O4/c1-16(2)18-6-4-17(5-7-18)13-25(19-8-10-21(30-3)11-9-19)22(27)15-24-14-20(12-23-24)26(28)29/h4-12,14,16H,13,15H2,1-3H3. The van der Waals surface area contributed by atoms with Crippen molar-refractivity contribution in [1.29, 1.82) is 0 Å². The molecule has 8 heteroatoms. The molecule has 0 atom stereocenters. The Balaban J connectivity index is 1.85. The van der Waals surface area contributed by atoms with Gasteiger partial charge in [-0.15, -0.1) is 0 Å². The minimum Gasteiger partial charge on any atom is -0.497 e. The molecule has 0 bridgehead atoms. The van der Waals surface area contributed by atoms with Gasteiger partial charge < -0.3 is 9.64 Å². The fourth-order valence-corrected chi connectivity index (χ4v) is 3.03. The second-order valence-electron chi connectivity index (χ2n) is 7.23. The monoisotopic (exact) mass is 408 g/mol. The maximum atomic E-state index is 13.1. The molecule has 156 valence electrons. The van der Waals surface area contributed by atoms with E-state index in [0.717, 1.165) is 11.8 Å². The number of methoxy groups -OCH3 is 1. The predicted octanol–water partition coefficient (Wildman–Crippen LogP) is 4.16. The van der Waals surface area contributed by atoms with Crippen LogP contribution in [0.5, 0.6) is 5.75 Å². The smallest absolute Gasteiger partial charge is 0.307 e. The van der Waals surface area contributed by atoms with Crippen molar-refractivity contribution in [2.24, 2.45) is 0 Å². The van der Waals surface area contributed by atoms with E-state index in [1.54, 1.807) is 24.1 Å². The van der Waals surface area contributed by atoms with Crippen LogP contribution in [0.1, 0.15) is 30.9 Å². The molecule has 2 aromatic carbocycles. The molecule has 1 aromatic heterocycles. The Morgan fingerprint density at radius 1 is 1.17 bits per heavy atom. The second-order valence-corrected chi connectivity index (χ2v) is 7.23. The number of carbonyl (C=O) groups excluding carboxylic acids is 1. The van der Waals surface area contributed by atoms with Crippen molar-refractivity contribution in [3.63, 3.8) is 0 Å². The van der Waals surface area contributed by atoms with Crippen molar-refractivity contribution in [1.82, 2.24) is 9.78 Å². The van der Waals surface area contributed by atoms with Crippen molar-refractivity contribution in [3.8, 4) is 5.75 Å². The third-order valence-corrected chi connectivity index (χ3v) is 4.80. The number of benzene rings is 2. The van der Waals surface area contributed by atoms with Crippen molar-refractivity contribution < 1.29 is 14.5 Å². The van der Waals surface area contributed by atoms with E-state index < -0.39 is 4.92 Å². The quantitative estimate of drug-likeness (QED) is 0.412. The number of aromatic nitrogens is 2. The molecule has 3 aromatic rings. The van der Waals surface area contributed by atoms with Gasteiger partial charge in [0.05, 0.1) is 18.6 Å². The minimum atomic E-state index is -0.536. The van der Waals surface area contributed by atoms with Gasteiger partial charge in [-0.05, 0) is 41.3 Å². The van der Waals surface area contributed by atoms with Crippen LogP contribution in [0.15, 0.2) is 60.9 Å². The summed E-state index contributed by atoms with van der Waals surface area (Å²) < 4.78 is 6.48. The third-order valence-electron chi connectivity index (χ3n) is 4.80. The first kappa shape index (κ1) is 21.0. The van der Waals surface area contributed by atoms with Crippen molar-refractivity contribution in [2.75, 3.05) is 12.0 Å². The molecule has 0 radical (unpaired) electrons. The molecule has 0 unspecified atom stereocenters. The van der Waals surface area contributed by atoms with Gasteiger partial charge in [0.2, 0.25) is 5.91 Å². The summed E-state index contributed by atoms with van der Waals surface area (Å²) in [4.78, 5) is 25.1. The summed E-state index contributed by atoms with van der Waals surface area (Å²) in [5.41, 5.74) is 2.76. The summed E-state index contributed by atoms with van der Waals surface area (Å²) >= 11 is 0. The number of hydrogen-bond donors (Lipinski definition) is 0. The van der Waals surface area contributed by atoms with Gasteiger partial charge in [-0.2, -0.15) is 5.10 Å².